The molecule has 1 aliphatic rings. The van der Waals surface area contributed by atoms with Gasteiger partial charge in [-0.05, 0) is 55.6 Å². The summed E-state index contributed by atoms with van der Waals surface area (Å²) in [6.07, 6.45) is 6.38. The number of fused-ring (bicyclic) bond motifs is 3. The van der Waals surface area contributed by atoms with Crippen LogP contribution < -0.4 is 5.43 Å². The Morgan fingerprint density at radius 3 is 2.72 bits per heavy atom. The van der Waals surface area contributed by atoms with E-state index >= 15 is 0 Å². The molecule has 0 saturated carbocycles. The summed E-state index contributed by atoms with van der Waals surface area (Å²) in [4.78, 5) is 11.7. The van der Waals surface area contributed by atoms with Gasteiger partial charge in [-0.2, -0.15) is 5.10 Å². The molecule has 152 valence electrons. The van der Waals surface area contributed by atoms with Crippen molar-refractivity contribution >= 4 is 33.1 Å². The zero-order valence-electron chi connectivity index (χ0n) is 18.0. The van der Waals surface area contributed by atoms with Crippen molar-refractivity contribution in [2.45, 2.75) is 60.3 Å². The monoisotopic (exact) mass is 406 g/mol. The number of thiophene rings is 1. The van der Waals surface area contributed by atoms with E-state index in [1.165, 1.54) is 34.2 Å². The van der Waals surface area contributed by atoms with Crippen LogP contribution in [-0.2, 0) is 12.8 Å². The molecule has 1 unspecified atom stereocenters. The molecule has 2 heterocycles. The van der Waals surface area contributed by atoms with Crippen LogP contribution in [0, 0.1) is 18.3 Å². The van der Waals surface area contributed by atoms with Crippen LogP contribution in [0.5, 0.6) is 0 Å². The van der Waals surface area contributed by atoms with E-state index in [2.05, 4.69) is 72.5 Å². The van der Waals surface area contributed by atoms with Gasteiger partial charge in [0.15, 0.2) is 5.82 Å². The average molecular weight is 407 g/mol. The molecule has 0 saturated heterocycles. The fourth-order valence-electron chi connectivity index (χ4n) is 4.14. The molecule has 1 atom stereocenters. The first-order valence-electron chi connectivity index (χ1n) is 10.5. The van der Waals surface area contributed by atoms with Gasteiger partial charge in [0.25, 0.3) is 0 Å². The molecule has 0 spiro atoms. The molecule has 1 aromatic carbocycles. The molecule has 4 nitrogen and oxygen atoms in total. The summed E-state index contributed by atoms with van der Waals surface area (Å²) in [6, 6.07) is 8.44. The van der Waals surface area contributed by atoms with Crippen molar-refractivity contribution in [3.63, 3.8) is 0 Å². The normalized spacial score (nSPS) is 17.4. The van der Waals surface area contributed by atoms with E-state index in [0.29, 0.717) is 11.3 Å². The maximum absolute atomic E-state index is 4.64. The van der Waals surface area contributed by atoms with E-state index in [4.69, 9.17) is 0 Å². The summed E-state index contributed by atoms with van der Waals surface area (Å²) < 4.78 is 0. The lowest BCUT2D eigenvalue weighted by atomic mass is 9.69. The summed E-state index contributed by atoms with van der Waals surface area (Å²) in [5.41, 5.74) is 8.36. The van der Waals surface area contributed by atoms with Crippen LogP contribution in [0.1, 0.15) is 62.1 Å². The highest BCUT2D eigenvalue weighted by Crippen LogP contribution is 2.45. The number of anilines is 1. The molecule has 5 heteroatoms. The van der Waals surface area contributed by atoms with Gasteiger partial charge in [-0.3, -0.25) is 5.43 Å². The van der Waals surface area contributed by atoms with Crippen LogP contribution in [0.4, 0.5) is 5.82 Å². The molecule has 4 rings (SSSR count). The molecule has 0 amide bonds. The van der Waals surface area contributed by atoms with Crippen LogP contribution in [0.25, 0.3) is 10.2 Å². The number of benzene rings is 1. The summed E-state index contributed by atoms with van der Waals surface area (Å²) in [5.74, 6) is 1.53. The number of hydrazone groups is 1. The lowest BCUT2D eigenvalue weighted by molar-refractivity contribution is 0.184. The predicted octanol–water partition coefficient (Wildman–Crippen LogP) is 6.38. The van der Waals surface area contributed by atoms with Crippen molar-refractivity contribution in [2.24, 2.45) is 16.4 Å². The van der Waals surface area contributed by atoms with Crippen molar-refractivity contribution in [3.8, 4) is 0 Å². The third kappa shape index (κ3) is 3.93. The standard InChI is InChI=1S/C24H30N4S/c1-6-24(4,5)18-11-12-20-19(13-18)21-22(25-14-26-23(21)29-20)28-27-16(3)17-9-7-15(2)8-10-17/h7-10,14,18H,6,11-13H2,1-5H3,(H,25,26,28)/b27-16+. The molecule has 1 N–H and O–H groups in total. The predicted molar refractivity (Wildman–Crippen MR) is 124 cm³/mol. The second kappa shape index (κ2) is 7.86. The SMILES string of the molecule is CCC(C)(C)C1CCc2sc3ncnc(N/N=C(\C)c4ccc(C)cc4)c3c2C1. The van der Waals surface area contributed by atoms with Crippen molar-refractivity contribution < 1.29 is 0 Å². The Balaban J connectivity index is 1.67. The molecule has 29 heavy (non-hydrogen) atoms. The average Bonchev–Trinajstić information content (AvgIpc) is 3.11. The van der Waals surface area contributed by atoms with Crippen LogP contribution in [0.2, 0.25) is 0 Å². The molecule has 3 aromatic rings. The van der Waals surface area contributed by atoms with Gasteiger partial charge in [-0.25, -0.2) is 9.97 Å². The Labute approximate surface area is 177 Å². The van der Waals surface area contributed by atoms with Crippen LogP contribution in [0.15, 0.2) is 35.7 Å². The van der Waals surface area contributed by atoms with E-state index in [1.807, 2.05) is 18.3 Å². The van der Waals surface area contributed by atoms with Crippen LogP contribution in [0.3, 0.4) is 0 Å². The van der Waals surface area contributed by atoms with Gasteiger partial charge >= 0.3 is 0 Å². The van der Waals surface area contributed by atoms with Gasteiger partial charge in [0, 0.05) is 4.88 Å². The Morgan fingerprint density at radius 2 is 2.00 bits per heavy atom. The number of nitrogens with one attached hydrogen (secondary N) is 1. The van der Waals surface area contributed by atoms with Gasteiger partial charge < -0.3 is 0 Å². The number of rotatable bonds is 5. The van der Waals surface area contributed by atoms with E-state index in [9.17, 15) is 0 Å². The second-order valence-corrected chi connectivity index (χ2v) is 9.95. The highest BCUT2D eigenvalue weighted by Gasteiger charge is 2.33. The van der Waals surface area contributed by atoms with Gasteiger partial charge in [-0.15, -0.1) is 11.3 Å². The lowest BCUT2D eigenvalue weighted by Gasteiger charge is -2.36. The second-order valence-electron chi connectivity index (χ2n) is 8.86. The van der Waals surface area contributed by atoms with Gasteiger partial charge in [-0.1, -0.05) is 57.0 Å². The Bertz CT molecular complexity index is 1050. The highest BCUT2D eigenvalue weighted by atomic mass is 32.1. The summed E-state index contributed by atoms with van der Waals surface area (Å²) in [6.45, 7) is 11.2. The first kappa shape index (κ1) is 20.0. The number of hydrogen-bond acceptors (Lipinski definition) is 5. The fraction of sp³-hybridized carbons (Fsp3) is 0.458. The Morgan fingerprint density at radius 1 is 1.24 bits per heavy atom. The topological polar surface area (TPSA) is 50.2 Å². The summed E-state index contributed by atoms with van der Waals surface area (Å²) in [7, 11) is 0. The van der Waals surface area contributed by atoms with Crippen LogP contribution in [-0.4, -0.2) is 15.7 Å². The first-order chi connectivity index (χ1) is 13.9. The lowest BCUT2D eigenvalue weighted by Crippen LogP contribution is -2.28. The number of nitrogens with zero attached hydrogens (tertiary/aromatic N) is 3. The molecule has 2 aromatic heterocycles. The maximum atomic E-state index is 4.64. The largest absolute Gasteiger partial charge is 0.260 e. The smallest absolute Gasteiger partial charge is 0.158 e. The Hall–Kier alpha value is -2.27. The van der Waals surface area contributed by atoms with E-state index in [-0.39, 0.29) is 0 Å². The number of hydrogen-bond donors (Lipinski definition) is 1. The minimum absolute atomic E-state index is 0.357. The highest BCUT2D eigenvalue weighted by molar-refractivity contribution is 7.19. The van der Waals surface area contributed by atoms with Gasteiger partial charge in [0.1, 0.15) is 11.2 Å². The minimum Gasteiger partial charge on any atom is -0.260 e. The molecular formula is C24H30N4S. The third-order valence-electron chi connectivity index (χ3n) is 6.66. The molecule has 0 bridgehead atoms. The van der Waals surface area contributed by atoms with E-state index < -0.39 is 0 Å². The van der Waals surface area contributed by atoms with E-state index in [1.54, 1.807) is 6.33 Å². The fourth-order valence-corrected chi connectivity index (χ4v) is 5.33. The van der Waals surface area contributed by atoms with Gasteiger partial charge in [0.05, 0.1) is 11.1 Å². The van der Waals surface area contributed by atoms with Gasteiger partial charge in [0.2, 0.25) is 0 Å². The zero-order chi connectivity index (χ0) is 20.6. The minimum atomic E-state index is 0.357. The van der Waals surface area contributed by atoms with Crippen molar-refractivity contribution in [1.82, 2.24) is 9.97 Å². The Kier molecular flexibility index (Phi) is 5.43. The zero-order valence-corrected chi connectivity index (χ0v) is 18.9. The first-order valence-corrected chi connectivity index (χ1v) is 11.3. The molecule has 0 radical (unpaired) electrons. The third-order valence-corrected chi connectivity index (χ3v) is 7.86. The number of aromatic nitrogens is 2. The van der Waals surface area contributed by atoms with Crippen molar-refractivity contribution in [3.05, 3.63) is 52.2 Å². The quantitative estimate of drug-likeness (QED) is 0.395. The summed E-state index contributed by atoms with van der Waals surface area (Å²) in [5, 5.41) is 5.81. The molecular weight excluding hydrogens is 376 g/mol. The molecule has 0 fully saturated rings. The molecule has 1 aliphatic carbocycles. The molecule has 0 aliphatic heterocycles. The summed E-state index contributed by atoms with van der Waals surface area (Å²) >= 11 is 1.83. The van der Waals surface area contributed by atoms with Crippen molar-refractivity contribution in [2.75, 3.05) is 5.43 Å². The van der Waals surface area contributed by atoms with E-state index in [0.717, 1.165) is 34.8 Å². The van der Waals surface area contributed by atoms with Crippen LogP contribution >= 0.6 is 11.3 Å². The number of aryl methyl sites for hydroxylation is 2. The maximum Gasteiger partial charge on any atom is 0.158 e. The van der Waals surface area contributed by atoms with Crippen molar-refractivity contribution in [1.29, 1.82) is 0 Å².